The third kappa shape index (κ3) is 3.97. The highest BCUT2D eigenvalue weighted by Gasteiger charge is 2.06. The minimum absolute atomic E-state index is 0.132. The molecule has 1 N–H and O–H groups in total. The zero-order valence-corrected chi connectivity index (χ0v) is 12.8. The van der Waals surface area contributed by atoms with Gasteiger partial charge in [-0.25, -0.2) is 0 Å². The second-order valence-electron chi connectivity index (χ2n) is 5.04. The second kappa shape index (κ2) is 7.45. The van der Waals surface area contributed by atoms with E-state index < -0.39 is 0 Å². The highest BCUT2D eigenvalue weighted by Crippen LogP contribution is 2.18. The molecule has 1 heterocycles. The Morgan fingerprint density at radius 2 is 2.00 bits per heavy atom. The number of para-hydroxylation sites is 1. The van der Waals surface area contributed by atoms with Gasteiger partial charge in [-0.3, -0.25) is 9.59 Å². The van der Waals surface area contributed by atoms with Crippen molar-refractivity contribution < 1.29 is 9.53 Å². The number of ether oxygens (including phenoxy) is 1. The molecule has 0 aliphatic heterocycles. The molecule has 0 saturated carbocycles. The van der Waals surface area contributed by atoms with Crippen molar-refractivity contribution in [2.45, 2.75) is 12.8 Å². The Bertz CT molecular complexity index is 707. The third-order valence-corrected chi connectivity index (χ3v) is 3.45. The molecule has 0 unspecified atom stereocenters. The number of pyridine rings is 1. The van der Waals surface area contributed by atoms with Crippen LogP contribution in [0.2, 0.25) is 0 Å². The molecular weight excluding hydrogens is 280 g/mol. The summed E-state index contributed by atoms with van der Waals surface area (Å²) in [6, 6.07) is 10.8. The summed E-state index contributed by atoms with van der Waals surface area (Å²) in [4.78, 5) is 23.3. The van der Waals surface area contributed by atoms with Gasteiger partial charge in [0.25, 0.3) is 5.91 Å². The number of nitrogens with zero attached hydrogens (tertiary/aromatic N) is 1. The quantitative estimate of drug-likeness (QED) is 0.827. The molecule has 0 bridgehead atoms. The van der Waals surface area contributed by atoms with Crippen LogP contribution in [0.1, 0.15) is 22.3 Å². The lowest BCUT2D eigenvalue weighted by Crippen LogP contribution is -2.26. The van der Waals surface area contributed by atoms with E-state index in [1.54, 1.807) is 14.2 Å². The molecule has 0 spiro atoms. The zero-order chi connectivity index (χ0) is 15.9. The van der Waals surface area contributed by atoms with E-state index in [1.165, 1.54) is 22.9 Å². The van der Waals surface area contributed by atoms with Gasteiger partial charge in [-0.1, -0.05) is 18.2 Å². The molecule has 0 aliphatic rings. The summed E-state index contributed by atoms with van der Waals surface area (Å²) in [5.41, 5.74) is 1.48. The summed E-state index contributed by atoms with van der Waals surface area (Å²) < 4.78 is 6.69. The number of aromatic nitrogens is 1. The summed E-state index contributed by atoms with van der Waals surface area (Å²) in [6.45, 7) is 0.569. The fourth-order valence-corrected chi connectivity index (χ4v) is 2.22. The smallest absolute Gasteiger partial charge is 0.252 e. The second-order valence-corrected chi connectivity index (χ2v) is 5.04. The van der Waals surface area contributed by atoms with Crippen LogP contribution < -0.4 is 15.6 Å². The Labute approximate surface area is 129 Å². The molecule has 1 amide bonds. The highest BCUT2D eigenvalue weighted by atomic mass is 16.5. The number of methoxy groups -OCH3 is 1. The van der Waals surface area contributed by atoms with Crippen molar-refractivity contribution >= 4 is 5.91 Å². The van der Waals surface area contributed by atoms with Crippen LogP contribution in [0.5, 0.6) is 5.75 Å². The van der Waals surface area contributed by atoms with Crippen molar-refractivity contribution in [3.63, 3.8) is 0 Å². The minimum Gasteiger partial charge on any atom is -0.496 e. The molecule has 0 atom stereocenters. The van der Waals surface area contributed by atoms with Crippen LogP contribution in [0.3, 0.4) is 0 Å². The Hall–Kier alpha value is -2.56. The van der Waals surface area contributed by atoms with Crippen molar-refractivity contribution in [2.75, 3.05) is 13.7 Å². The molecule has 0 aliphatic carbocycles. The molecule has 0 radical (unpaired) electrons. The molecule has 2 aromatic rings. The summed E-state index contributed by atoms with van der Waals surface area (Å²) in [6.07, 6.45) is 3.19. The van der Waals surface area contributed by atoms with E-state index in [0.29, 0.717) is 12.1 Å². The summed E-state index contributed by atoms with van der Waals surface area (Å²) in [7, 11) is 3.28. The van der Waals surface area contributed by atoms with Crippen LogP contribution in [-0.2, 0) is 13.5 Å². The molecule has 5 heteroatoms. The molecule has 0 saturated heterocycles. The summed E-state index contributed by atoms with van der Waals surface area (Å²) in [5, 5.41) is 2.86. The normalized spacial score (nSPS) is 10.3. The standard InChI is InChI=1S/C17H20N2O3/c1-19-12-14(9-10-16(19)20)17(21)18-11-5-7-13-6-3-4-8-15(13)22-2/h3-4,6,8-10,12H,5,7,11H2,1-2H3,(H,18,21). The number of rotatable bonds is 6. The Balaban J connectivity index is 1.84. The fourth-order valence-electron chi connectivity index (χ4n) is 2.22. The molecule has 5 nitrogen and oxygen atoms in total. The summed E-state index contributed by atoms with van der Waals surface area (Å²) >= 11 is 0. The highest BCUT2D eigenvalue weighted by molar-refractivity contribution is 5.93. The number of amides is 1. The minimum atomic E-state index is -0.171. The van der Waals surface area contributed by atoms with Gasteiger partial charge >= 0.3 is 0 Å². The third-order valence-electron chi connectivity index (χ3n) is 3.45. The van der Waals surface area contributed by atoms with Gasteiger partial charge in [0.2, 0.25) is 5.56 Å². The van der Waals surface area contributed by atoms with Crippen LogP contribution >= 0.6 is 0 Å². The van der Waals surface area contributed by atoms with Gasteiger partial charge in [0.15, 0.2) is 0 Å². The first kappa shape index (κ1) is 15.8. The number of benzene rings is 1. The predicted octanol–water partition coefficient (Wildman–Crippen LogP) is 1.76. The number of carbonyl (C=O) groups excluding carboxylic acids is 1. The van der Waals surface area contributed by atoms with Crippen molar-refractivity contribution in [2.24, 2.45) is 7.05 Å². The van der Waals surface area contributed by atoms with Crippen LogP contribution in [0.15, 0.2) is 47.4 Å². The van der Waals surface area contributed by atoms with E-state index in [1.807, 2.05) is 24.3 Å². The number of carbonyl (C=O) groups is 1. The van der Waals surface area contributed by atoms with E-state index in [4.69, 9.17) is 4.74 Å². The fraction of sp³-hybridized carbons (Fsp3) is 0.294. The lowest BCUT2D eigenvalue weighted by molar-refractivity contribution is 0.0952. The van der Waals surface area contributed by atoms with Crippen LogP contribution in [0.25, 0.3) is 0 Å². The molecule has 22 heavy (non-hydrogen) atoms. The van der Waals surface area contributed by atoms with E-state index in [-0.39, 0.29) is 11.5 Å². The monoisotopic (exact) mass is 300 g/mol. The topological polar surface area (TPSA) is 60.3 Å². The Kier molecular flexibility index (Phi) is 5.36. The Morgan fingerprint density at radius 3 is 2.73 bits per heavy atom. The summed E-state index contributed by atoms with van der Waals surface area (Å²) in [5.74, 6) is 0.697. The first-order chi connectivity index (χ1) is 10.6. The van der Waals surface area contributed by atoms with Crippen molar-refractivity contribution in [3.05, 3.63) is 64.1 Å². The average Bonchev–Trinajstić information content (AvgIpc) is 2.54. The Morgan fingerprint density at radius 1 is 1.23 bits per heavy atom. The molecule has 0 fully saturated rings. The van der Waals surface area contributed by atoms with Crippen LogP contribution in [-0.4, -0.2) is 24.1 Å². The zero-order valence-electron chi connectivity index (χ0n) is 12.8. The van der Waals surface area contributed by atoms with Crippen molar-refractivity contribution in [1.29, 1.82) is 0 Å². The largest absolute Gasteiger partial charge is 0.496 e. The maximum atomic E-state index is 12.0. The van der Waals surface area contributed by atoms with E-state index in [2.05, 4.69) is 5.32 Å². The van der Waals surface area contributed by atoms with Gasteiger partial charge in [-0.2, -0.15) is 0 Å². The molecule has 1 aromatic heterocycles. The first-order valence-electron chi connectivity index (χ1n) is 7.18. The predicted molar refractivity (Wildman–Crippen MR) is 85.3 cm³/mol. The maximum Gasteiger partial charge on any atom is 0.252 e. The molecular formula is C17H20N2O3. The van der Waals surface area contributed by atoms with Gasteiger partial charge in [-0.05, 0) is 30.5 Å². The lowest BCUT2D eigenvalue weighted by atomic mass is 10.1. The van der Waals surface area contributed by atoms with Gasteiger partial charge in [0.1, 0.15) is 5.75 Å². The number of hydrogen-bond acceptors (Lipinski definition) is 3. The maximum absolute atomic E-state index is 12.0. The average molecular weight is 300 g/mol. The lowest BCUT2D eigenvalue weighted by Gasteiger charge is -2.09. The first-order valence-corrected chi connectivity index (χ1v) is 7.18. The van der Waals surface area contributed by atoms with Gasteiger partial charge in [0.05, 0.1) is 12.7 Å². The van der Waals surface area contributed by atoms with Crippen molar-refractivity contribution in [3.8, 4) is 5.75 Å². The van der Waals surface area contributed by atoms with Crippen LogP contribution in [0, 0.1) is 0 Å². The van der Waals surface area contributed by atoms with Crippen LogP contribution in [0.4, 0.5) is 0 Å². The SMILES string of the molecule is COc1ccccc1CCCNC(=O)c1ccc(=O)n(C)c1. The van der Waals surface area contributed by atoms with E-state index in [0.717, 1.165) is 24.2 Å². The molecule has 1 aromatic carbocycles. The van der Waals surface area contributed by atoms with E-state index >= 15 is 0 Å². The van der Waals surface area contributed by atoms with E-state index in [9.17, 15) is 9.59 Å². The van der Waals surface area contributed by atoms with Crippen molar-refractivity contribution in [1.82, 2.24) is 9.88 Å². The molecule has 2 rings (SSSR count). The molecule has 116 valence electrons. The number of hydrogen-bond donors (Lipinski definition) is 1. The number of nitrogens with one attached hydrogen (secondary N) is 1. The van der Waals surface area contributed by atoms with Gasteiger partial charge in [-0.15, -0.1) is 0 Å². The number of aryl methyl sites for hydroxylation is 2. The van der Waals surface area contributed by atoms with Gasteiger partial charge < -0.3 is 14.6 Å². The van der Waals surface area contributed by atoms with Gasteiger partial charge in [0, 0.05) is 25.9 Å².